The molecule has 0 fully saturated rings. The minimum Gasteiger partial charge on any atom is -0.265 e. The average Bonchev–Trinajstić information content (AvgIpc) is 3.20. The van der Waals surface area contributed by atoms with Gasteiger partial charge in [-0.1, -0.05) is 158 Å². The number of hydrogen-bond acceptors (Lipinski definition) is 1. The highest BCUT2D eigenvalue weighted by Gasteiger charge is 2.17. The van der Waals surface area contributed by atoms with Crippen molar-refractivity contribution in [3.8, 4) is 44.5 Å². The summed E-state index contributed by atoms with van der Waals surface area (Å²) < 4.78 is 0. The Morgan fingerprint density at radius 1 is 0.280 bits per heavy atom. The highest BCUT2D eigenvalue weighted by atomic mass is 14.6. The Morgan fingerprint density at radius 3 is 1.28 bits per heavy atom. The van der Waals surface area contributed by atoms with E-state index in [2.05, 4.69) is 181 Å². The Labute approximate surface area is 290 Å². The molecule has 1 aromatic heterocycles. The van der Waals surface area contributed by atoms with Gasteiger partial charge in [0.25, 0.3) is 0 Å². The molecule has 9 aromatic carbocycles. The van der Waals surface area contributed by atoms with Crippen LogP contribution < -0.4 is 0 Å². The molecule has 0 atom stereocenters. The summed E-state index contributed by atoms with van der Waals surface area (Å²) >= 11 is 0. The lowest BCUT2D eigenvalue weighted by atomic mass is 9.86. The number of nitrogens with zero attached hydrogens (tertiary/aromatic N) is 1. The number of aromatic nitrogens is 1. The predicted molar refractivity (Wildman–Crippen MR) is 214 cm³/mol. The topological polar surface area (TPSA) is 12.9 Å². The molecule has 1 nitrogen and oxygen atoms in total. The van der Waals surface area contributed by atoms with Crippen LogP contribution in [0.15, 0.2) is 188 Å². The van der Waals surface area contributed by atoms with Crippen molar-refractivity contribution in [1.82, 2.24) is 4.98 Å². The standard InChI is InChI=1S/C49H31N/c1-2-10-39-34(9-1)23-26-38-31-46(40-11-3-4-12-41(40)49(38)39)35-21-17-32(18-22-35)33-19-24-36(25-20-33)47-42-13-5-7-15-44(42)48(37-27-29-50-30-28-37)45-16-8-6-14-43(45)47/h1-31H. The van der Waals surface area contributed by atoms with Gasteiger partial charge in [-0.05, 0) is 117 Å². The van der Waals surface area contributed by atoms with E-state index >= 15 is 0 Å². The lowest BCUT2D eigenvalue weighted by Crippen LogP contribution is -1.91. The van der Waals surface area contributed by atoms with Gasteiger partial charge < -0.3 is 0 Å². The summed E-state index contributed by atoms with van der Waals surface area (Å²) in [5, 5.41) is 12.8. The minimum atomic E-state index is 1.18. The zero-order valence-corrected chi connectivity index (χ0v) is 27.3. The molecule has 0 N–H and O–H groups in total. The van der Waals surface area contributed by atoms with E-state index in [1.807, 2.05) is 12.4 Å². The van der Waals surface area contributed by atoms with Crippen molar-refractivity contribution >= 4 is 53.9 Å². The molecule has 0 radical (unpaired) electrons. The summed E-state index contributed by atoms with van der Waals surface area (Å²) in [6, 6.07) is 64.4. The van der Waals surface area contributed by atoms with E-state index < -0.39 is 0 Å². The molecular formula is C49H31N. The van der Waals surface area contributed by atoms with Crippen LogP contribution in [0.4, 0.5) is 0 Å². The van der Waals surface area contributed by atoms with Crippen molar-refractivity contribution < 1.29 is 0 Å². The van der Waals surface area contributed by atoms with E-state index in [4.69, 9.17) is 0 Å². The zero-order valence-electron chi connectivity index (χ0n) is 27.3. The maximum Gasteiger partial charge on any atom is 0.0273 e. The summed E-state index contributed by atoms with van der Waals surface area (Å²) in [6.45, 7) is 0. The molecule has 0 amide bonds. The maximum absolute atomic E-state index is 4.28. The normalized spacial score (nSPS) is 11.6. The van der Waals surface area contributed by atoms with Crippen LogP contribution >= 0.6 is 0 Å². The fourth-order valence-electron chi connectivity index (χ4n) is 8.06. The Bertz CT molecular complexity index is 2830. The fourth-order valence-corrected chi connectivity index (χ4v) is 8.06. The Hall–Kier alpha value is -6.57. The molecule has 0 spiro atoms. The Kier molecular flexibility index (Phi) is 6.57. The zero-order chi connectivity index (χ0) is 33.0. The summed E-state index contributed by atoms with van der Waals surface area (Å²) in [6.07, 6.45) is 3.76. The molecule has 50 heavy (non-hydrogen) atoms. The molecule has 0 saturated carbocycles. The SMILES string of the molecule is c1ccc2c(c1)ccc1cc(-c3ccc(-c4ccc(-c5c6ccccc6c(-c6ccncc6)c6ccccc56)cc4)cc3)c3ccccc3c12. The van der Waals surface area contributed by atoms with Gasteiger partial charge in [-0.3, -0.25) is 4.98 Å². The number of benzene rings is 9. The summed E-state index contributed by atoms with van der Waals surface area (Å²) in [5.41, 5.74) is 9.83. The van der Waals surface area contributed by atoms with Crippen LogP contribution in [-0.2, 0) is 0 Å². The molecular weight excluding hydrogens is 603 g/mol. The van der Waals surface area contributed by atoms with Crippen molar-refractivity contribution in [2.75, 3.05) is 0 Å². The first-order valence-corrected chi connectivity index (χ1v) is 17.2. The van der Waals surface area contributed by atoms with Crippen LogP contribution in [0.2, 0.25) is 0 Å². The van der Waals surface area contributed by atoms with Gasteiger partial charge in [0.15, 0.2) is 0 Å². The molecule has 0 bridgehead atoms. The smallest absolute Gasteiger partial charge is 0.0273 e. The molecule has 0 saturated heterocycles. The molecule has 0 unspecified atom stereocenters. The first-order valence-electron chi connectivity index (χ1n) is 17.2. The highest BCUT2D eigenvalue weighted by Crippen LogP contribution is 2.44. The van der Waals surface area contributed by atoms with Gasteiger partial charge in [0.1, 0.15) is 0 Å². The second kappa shape index (κ2) is 11.5. The minimum absolute atomic E-state index is 1.18. The molecule has 0 aliphatic carbocycles. The van der Waals surface area contributed by atoms with Crippen LogP contribution in [-0.4, -0.2) is 4.98 Å². The van der Waals surface area contributed by atoms with Gasteiger partial charge in [-0.25, -0.2) is 0 Å². The largest absolute Gasteiger partial charge is 0.265 e. The maximum atomic E-state index is 4.28. The van der Waals surface area contributed by atoms with Crippen molar-refractivity contribution in [3.63, 3.8) is 0 Å². The highest BCUT2D eigenvalue weighted by molar-refractivity contribution is 6.24. The predicted octanol–water partition coefficient (Wildman–Crippen LogP) is 13.5. The summed E-state index contributed by atoms with van der Waals surface area (Å²) in [4.78, 5) is 4.28. The Morgan fingerprint density at radius 2 is 0.700 bits per heavy atom. The first kappa shape index (κ1) is 28.4. The quantitative estimate of drug-likeness (QED) is 0.139. The van der Waals surface area contributed by atoms with Gasteiger partial charge in [0, 0.05) is 12.4 Å². The number of fused-ring (bicyclic) bond motifs is 7. The van der Waals surface area contributed by atoms with E-state index in [-0.39, 0.29) is 0 Å². The molecule has 1 heteroatoms. The van der Waals surface area contributed by atoms with Crippen molar-refractivity contribution in [2.24, 2.45) is 0 Å². The monoisotopic (exact) mass is 633 g/mol. The lowest BCUT2D eigenvalue weighted by Gasteiger charge is -2.18. The van der Waals surface area contributed by atoms with E-state index in [1.54, 1.807) is 0 Å². The van der Waals surface area contributed by atoms with Crippen LogP contribution in [0, 0.1) is 0 Å². The third-order valence-electron chi connectivity index (χ3n) is 10.4. The number of hydrogen-bond donors (Lipinski definition) is 0. The van der Waals surface area contributed by atoms with Crippen molar-refractivity contribution in [1.29, 1.82) is 0 Å². The molecule has 10 rings (SSSR count). The molecule has 0 aliphatic rings. The third kappa shape index (κ3) is 4.52. The first-order chi connectivity index (χ1) is 24.8. The van der Waals surface area contributed by atoms with Gasteiger partial charge in [0.2, 0.25) is 0 Å². The van der Waals surface area contributed by atoms with Crippen LogP contribution in [0.3, 0.4) is 0 Å². The van der Waals surface area contributed by atoms with Crippen LogP contribution in [0.5, 0.6) is 0 Å². The second-order valence-corrected chi connectivity index (χ2v) is 13.1. The van der Waals surface area contributed by atoms with Gasteiger partial charge in [-0.2, -0.15) is 0 Å². The number of pyridine rings is 1. The van der Waals surface area contributed by atoms with E-state index in [1.165, 1.54) is 98.4 Å². The van der Waals surface area contributed by atoms with E-state index in [9.17, 15) is 0 Å². The molecule has 10 aromatic rings. The summed E-state index contributed by atoms with van der Waals surface area (Å²) in [5.74, 6) is 0. The second-order valence-electron chi connectivity index (χ2n) is 13.1. The van der Waals surface area contributed by atoms with E-state index in [0.717, 1.165) is 0 Å². The lowest BCUT2D eigenvalue weighted by molar-refractivity contribution is 1.33. The van der Waals surface area contributed by atoms with Crippen molar-refractivity contribution in [2.45, 2.75) is 0 Å². The van der Waals surface area contributed by atoms with Gasteiger partial charge in [0.05, 0.1) is 0 Å². The van der Waals surface area contributed by atoms with Gasteiger partial charge in [-0.15, -0.1) is 0 Å². The Balaban J connectivity index is 1.06. The third-order valence-corrected chi connectivity index (χ3v) is 10.4. The fraction of sp³-hybridized carbons (Fsp3) is 0. The van der Waals surface area contributed by atoms with Crippen LogP contribution in [0.1, 0.15) is 0 Å². The number of rotatable bonds is 4. The summed E-state index contributed by atoms with van der Waals surface area (Å²) in [7, 11) is 0. The molecule has 232 valence electrons. The molecule has 1 heterocycles. The van der Waals surface area contributed by atoms with Crippen molar-refractivity contribution in [3.05, 3.63) is 188 Å². The molecule has 0 aliphatic heterocycles. The van der Waals surface area contributed by atoms with Crippen LogP contribution in [0.25, 0.3) is 98.4 Å². The van der Waals surface area contributed by atoms with Gasteiger partial charge >= 0.3 is 0 Å². The average molecular weight is 634 g/mol. The van der Waals surface area contributed by atoms with E-state index in [0.29, 0.717) is 0 Å².